The van der Waals surface area contributed by atoms with E-state index >= 15 is 0 Å². The van der Waals surface area contributed by atoms with E-state index in [9.17, 15) is 19.7 Å². The van der Waals surface area contributed by atoms with Gasteiger partial charge in [-0.1, -0.05) is 36.4 Å². The predicted octanol–water partition coefficient (Wildman–Crippen LogP) is 3.55. The van der Waals surface area contributed by atoms with Crippen molar-refractivity contribution in [1.82, 2.24) is 4.98 Å². The monoisotopic (exact) mass is 391 g/mol. The van der Waals surface area contributed by atoms with Crippen LogP contribution in [0.5, 0.6) is 0 Å². The molecule has 0 aliphatic carbocycles. The van der Waals surface area contributed by atoms with Crippen LogP contribution in [0.4, 0.5) is 11.4 Å². The molecule has 1 atom stereocenters. The molecule has 8 heteroatoms. The molecule has 0 radical (unpaired) electrons. The third kappa shape index (κ3) is 3.73. The molecule has 4 rings (SSSR count). The number of anilines is 1. The second-order valence-electron chi connectivity index (χ2n) is 6.60. The summed E-state index contributed by atoms with van der Waals surface area (Å²) in [7, 11) is 0. The molecule has 8 nitrogen and oxygen atoms in total. The number of nitrogens with one attached hydrogen (secondary N) is 1. The summed E-state index contributed by atoms with van der Waals surface area (Å²) in [6.07, 6.45) is -0.607. The highest BCUT2D eigenvalue weighted by Crippen LogP contribution is 2.27. The minimum atomic E-state index is -0.926. The van der Waals surface area contributed by atoms with E-state index in [1.807, 2.05) is 30.3 Å². The van der Waals surface area contributed by atoms with E-state index < -0.39 is 22.9 Å². The first-order valence-electron chi connectivity index (χ1n) is 9.04. The lowest BCUT2D eigenvalue weighted by Gasteiger charge is -2.16. The number of amides is 1. The van der Waals surface area contributed by atoms with E-state index in [1.54, 1.807) is 18.2 Å². The first kappa shape index (κ1) is 18.4. The maximum absolute atomic E-state index is 12.6. The number of esters is 1. The van der Waals surface area contributed by atoms with Gasteiger partial charge in [-0.3, -0.25) is 14.9 Å². The first-order valence-corrected chi connectivity index (χ1v) is 9.04. The van der Waals surface area contributed by atoms with Gasteiger partial charge in [-0.25, -0.2) is 4.79 Å². The van der Waals surface area contributed by atoms with E-state index in [2.05, 4.69) is 4.98 Å². The summed E-state index contributed by atoms with van der Waals surface area (Å²) >= 11 is 0. The highest BCUT2D eigenvalue weighted by atomic mass is 16.6. The predicted molar refractivity (Wildman–Crippen MR) is 105 cm³/mol. The summed E-state index contributed by atoms with van der Waals surface area (Å²) in [6, 6.07) is 18.7. The Balaban J connectivity index is 1.45. The number of nitro benzene ring substituents is 1. The molecule has 1 aliphatic heterocycles. The van der Waals surface area contributed by atoms with Crippen LogP contribution in [-0.2, 0) is 9.53 Å². The van der Waals surface area contributed by atoms with E-state index in [4.69, 9.17) is 4.74 Å². The summed E-state index contributed by atoms with van der Waals surface area (Å²) in [6.45, 7) is 0.317. The summed E-state index contributed by atoms with van der Waals surface area (Å²) < 4.78 is 5.39. The van der Waals surface area contributed by atoms with Gasteiger partial charge < -0.3 is 14.6 Å². The van der Waals surface area contributed by atoms with Crippen molar-refractivity contribution in [3.63, 3.8) is 0 Å². The SMILES string of the molecule is O=C(OC1CCN(c2cccc([N+](=O)[O-])c2)C1=O)c1ccc(-c2ccccc2)[nH]1. The standard InChI is InChI=1S/C21H17N3O5/c25-20-19(11-12-23(20)15-7-4-8-16(13-15)24(27)28)29-21(26)18-10-9-17(22-18)14-5-2-1-3-6-14/h1-10,13,19,22H,11-12H2. The van der Waals surface area contributed by atoms with Crippen molar-refractivity contribution in [3.05, 3.63) is 82.5 Å². The smallest absolute Gasteiger partial charge is 0.355 e. The number of benzene rings is 2. The molecule has 1 unspecified atom stereocenters. The average Bonchev–Trinajstić information content (AvgIpc) is 3.37. The second kappa shape index (κ2) is 7.59. The lowest BCUT2D eigenvalue weighted by Crippen LogP contribution is -2.32. The van der Waals surface area contributed by atoms with Gasteiger partial charge in [0.05, 0.1) is 10.6 Å². The van der Waals surface area contributed by atoms with Gasteiger partial charge in [-0.15, -0.1) is 0 Å². The molecule has 2 heterocycles. The largest absolute Gasteiger partial charge is 0.447 e. The molecule has 0 bridgehead atoms. The molecule has 146 valence electrons. The number of ether oxygens (including phenoxy) is 1. The maximum Gasteiger partial charge on any atom is 0.355 e. The Bertz CT molecular complexity index is 1080. The molecule has 0 saturated carbocycles. The van der Waals surface area contributed by atoms with Crippen LogP contribution in [0, 0.1) is 10.1 Å². The lowest BCUT2D eigenvalue weighted by molar-refractivity contribution is -0.384. The molecule has 1 aliphatic rings. The fourth-order valence-corrected chi connectivity index (χ4v) is 3.29. The number of carbonyl (C=O) groups is 2. The zero-order chi connectivity index (χ0) is 20.4. The van der Waals surface area contributed by atoms with Crippen molar-refractivity contribution in [2.24, 2.45) is 0 Å². The van der Waals surface area contributed by atoms with Gasteiger partial charge in [0.1, 0.15) is 5.69 Å². The van der Waals surface area contributed by atoms with E-state index in [0.29, 0.717) is 18.7 Å². The Morgan fingerprint density at radius 2 is 1.90 bits per heavy atom. The minimum Gasteiger partial charge on any atom is -0.447 e. The maximum atomic E-state index is 12.6. The fraction of sp³-hybridized carbons (Fsp3) is 0.143. The number of aromatic nitrogens is 1. The van der Waals surface area contributed by atoms with Crippen LogP contribution in [0.3, 0.4) is 0 Å². The van der Waals surface area contributed by atoms with Crippen LogP contribution in [0.2, 0.25) is 0 Å². The van der Waals surface area contributed by atoms with E-state index in [1.165, 1.54) is 23.1 Å². The number of hydrogen-bond donors (Lipinski definition) is 1. The summed E-state index contributed by atoms with van der Waals surface area (Å²) in [4.78, 5) is 40.0. The van der Waals surface area contributed by atoms with Gasteiger partial charge in [-0.2, -0.15) is 0 Å². The Hall–Kier alpha value is -3.94. The van der Waals surface area contributed by atoms with Crippen molar-refractivity contribution in [2.45, 2.75) is 12.5 Å². The topological polar surface area (TPSA) is 106 Å². The quantitative estimate of drug-likeness (QED) is 0.407. The van der Waals surface area contributed by atoms with E-state index in [-0.39, 0.29) is 11.4 Å². The van der Waals surface area contributed by atoms with Crippen LogP contribution < -0.4 is 4.90 Å². The Morgan fingerprint density at radius 3 is 2.66 bits per heavy atom. The zero-order valence-corrected chi connectivity index (χ0v) is 15.3. The number of H-pyrrole nitrogens is 1. The van der Waals surface area contributed by atoms with Crippen molar-refractivity contribution in [1.29, 1.82) is 0 Å². The minimum absolute atomic E-state index is 0.101. The number of hydrogen-bond acceptors (Lipinski definition) is 5. The number of nitrogens with zero attached hydrogens (tertiary/aromatic N) is 2. The first-order chi connectivity index (χ1) is 14.0. The van der Waals surface area contributed by atoms with Gasteiger partial charge in [-0.05, 0) is 23.8 Å². The number of non-ortho nitro benzene ring substituents is 1. The highest BCUT2D eigenvalue weighted by molar-refractivity contribution is 6.01. The molecule has 2 aromatic carbocycles. The normalized spacial score (nSPS) is 16.1. The third-order valence-electron chi connectivity index (χ3n) is 4.75. The third-order valence-corrected chi connectivity index (χ3v) is 4.75. The molecular weight excluding hydrogens is 374 g/mol. The Morgan fingerprint density at radius 1 is 1.10 bits per heavy atom. The van der Waals surface area contributed by atoms with Gasteiger partial charge >= 0.3 is 5.97 Å². The molecule has 0 spiro atoms. The van der Waals surface area contributed by atoms with Crippen molar-refractivity contribution in [3.8, 4) is 11.3 Å². The molecule has 29 heavy (non-hydrogen) atoms. The molecule has 1 saturated heterocycles. The molecule has 1 fully saturated rings. The van der Waals surface area contributed by atoms with Crippen LogP contribution in [0.25, 0.3) is 11.3 Å². The highest BCUT2D eigenvalue weighted by Gasteiger charge is 2.36. The molecule has 1 amide bonds. The molecular formula is C21H17N3O5. The molecule has 3 aromatic rings. The van der Waals surface area contributed by atoms with E-state index in [0.717, 1.165) is 11.3 Å². The number of aromatic amines is 1. The molecule has 1 N–H and O–H groups in total. The van der Waals surface area contributed by atoms with Crippen LogP contribution in [-0.4, -0.2) is 34.4 Å². The summed E-state index contributed by atoms with van der Waals surface area (Å²) in [5.41, 5.74) is 2.27. The van der Waals surface area contributed by atoms with Gasteiger partial charge in [0.2, 0.25) is 0 Å². The van der Waals surface area contributed by atoms with Gasteiger partial charge in [0.15, 0.2) is 6.10 Å². The van der Waals surface area contributed by atoms with Crippen molar-refractivity contribution < 1.29 is 19.2 Å². The lowest BCUT2D eigenvalue weighted by atomic mass is 10.2. The number of nitro groups is 1. The Kier molecular flexibility index (Phi) is 4.82. The van der Waals surface area contributed by atoms with Gasteiger partial charge in [0.25, 0.3) is 11.6 Å². The molecule has 1 aromatic heterocycles. The van der Waals surface area contributed by atoms with Crippen LogP contribution in [0.15, 0.2) is 66.7 Å². The van der Waals surface area contributed by atoms with Crippen molar-refractivity contribution >= 4 is 23.3 Å². The van der Waals surface area contributed by atoms with Crippen molar-refractivity contribution in [2.75, 3.05) is 11.4 Å². The average molecular weight is 391 g/mol. The van der Waals surface area contributed by atoms with Gasteiger partial charge in [0, 0.05) is 30.8 Å². The Labute approximate surface area is 165 Å². The zero-order valence-electron chi connectivity index (χ0n) is 15.3. The number of rotatable bonds is 5. The second-order valence-corrected chi connectivity index (χ2v) is 6.60. The summed E-state index contributed by atoms with van der Waals surface area (Å²) in [5, 5.41) is 11.0. The van der Waals surface area contributed by atoms with Crippen LogP contribution >= 0.6 is 0 Å². The fourth-order valence-electron chi connectivity index (χ4n) is 3.29. The number of carbonyl (C=O) groups excluding carboxylic acids is 2. The van der Waals surface area contributed by atoms with Crippen LogP contribution in [0.1, 0.15) is 16.9 Å². The summed E-state index contributed by atoms with van der Waals surface area (Å²) in [5.74, 6) is -1.01.